The Kier molecular flexibility index (Phi) is 5.70. The third-order valence-electron chi connectivity index (χ3n) is 4.98. The fraction of sp³-hybridized carbons (Fsp3) is 0.318. The monoisotopic (exact) mass is 400 g/mol. The van der Waals surface area contributed by atoms with Gasteiger partial charge in [-0.2, -0.15) is 0 Å². The van der Waals surface area contributed by atoms with Crippen LogP contribution in [0.4, 0.5) is 5.82 Å². The molecule has 1 fully saturated rings. The van der Waals surface area contributed by atoms with Crippen LogP contribution in [0.25, 0.3) is 10.9 Å². The van der Waals surface area contributed by atoms with E-state index in [2.05, 4.69) is 23.1 Å². The molecule has 0 N–H and O–H groups in total. The summed E-state index contributed by atoms with van der Waals surface area (Å²) in [6, 6.07) is 15.9. The average molecular weight is 401 g/mol. The lowest BCUT2D eigenvalue weighted by Crippen LogP contribution is -2.24. The largest absolute Gasteiger partial charge is 0.487 e. The first-order valence-electron chi connectivity index (χ1n) is 9.42. The fourth-order valence-electron chi connectivity index (χ4n) is 3.49. The first kappa shape index (κ1) is 18.4. The lowest BCUT2D eigenvalue weighted by Gasteiger charge is -2.22. The van der Waals surface area contributed by atoms with Crippen LogP contribution >= 0.6 is 23.2 Å². The summed E-state index contributed by atoms with van der Waals surface area (Å²) in [6.07, 6.45) is 5.08. The van der Waals surface area contributed by atoms with E-state index in [1.54, 1.807) is 6.07 Å². The topological polar surface area (TPSA) is 25.4 Å². The van der Waals surface area contributed by atoms with Crippen molar-refractivity contribution in [2.24, 2.45) is 0 Å². The lowest BCUT2D eigenvalue weighted by atomic mass is 10.2. The normalized spacial score (nSPS) is 15.0. The molecule has 0 saturated carbocycles. The molecule has 0 unspecified atom stereocenters. The van der Waals surface area contributed by atoms with Gasteiger partial charge in [0, 0.05) is 18.5 Å². The molecule has 0 radical (unpaired) electrons. The zero-order valence-corrected chi connectivity index (χ0v) is 16.6. The second-order valence-corrected chi connectivity index (χ2v) is 7.75. The third-order valence-corrected chi connectivity index (χ3v) is 5.72. The van der Waals surface area contributed by atoms with Gasteiger partial charge in [0.05, 0.1) is 10.0 Å². The molecule has 3 nitrogen and oxygen atoms in total. The summed E-state index contributed by atoms with van der Waals surface area (Å²) < 4.78 is 6.08. The maximum Gasteiger partial charge on any atom is 0.146 e. The molecule has 140 valence electrons. The Bertz CT molecular complexity index is 937. The number of rotatable bonds is 4. The van der Waals surface area contributed by atoms with E-state index < -0.39 is 0 Å². The highest BCUT2D eigenvalue weighted by Gasteiger charge is 2.13. The van der Waals surface area contributed by atoms with Crippen molar-refractivity contribution >= 4 is 39.9 Å². The van der Waals surface area contributed by atoms with Gasteiger partial charge in [0.15, 0.2) is 0 Å². The molecule has 0 amide bonds. The summed E-state index contributed by atoms with van der Waals surface area (Å²) in [5, 5.41) is 2.17. The van der Waals surface area contributed by atoms with Gasteiger partial charge in [-0.25, -0.2) is 4.98 Å². The molecular formula is C22H22Cl2N2O. The number of nitrogens with zero attached hydrogens (tertiary/aromatic N) is 2. The predicted octanol–water partition coefficient (Wildman–Crippen LogP) is 6.50. The molecular weight excluding hydrogens is 379 g/mol. The van der Waals surface area contributed by atoms with Gasteiger partial charge in [-0.15, -0.1) is 0 Å². The van der Waals surface area contributed by atoms with Crippen LogP contribution in [-0.4, -0.2) is 18.1 Å². The smallest absolute Gasteiger partial charge is 0.146 e. The third kappa shape index (κ3) is 4.31. The van der Waals surface area contributed by atoms with Crippen LogP contribution in [0.5, 0.6) is 5.75 Å². The van der Waals surface area contributed by atoms with Crippen LogP contribution in [0.15, 0.2) is 48.5 Å². The first-order chi connectivity index (χ1) is 13.2. The summed E-state index contributed by atoms with van der Waals surface area (Å²) in [5.74, 6) is 1.82. The Morgan fingerprint density at radius 1 is 0.889 bits per heavy atom. The van der Waals surface area contributed by atoms with Gasteiger partial charge in [0.25, 0.3) is 0 Å². The van der Waals surface area contributed by atoms with Crippen LogP contribution in [0, 0.1) is 0 Å². The van der Waals surface area contributed by atoms with Gasteiger partial charge >= 0.3 is 0 Å². The standard InChI is InChI=1S/C22H22Cl2N2O/c23-18-10-8-16(14-19(18)24)15-27-20-7-5-6-17-9-11-21(25-22(17)20)26-12-3-1-2-4-13-26/h5-11,14H,1-4,12-13,15H2. The number of ether oxygens (including phenoxy) is 1. The summed E-state index contributed by atoms with van der Waals surface area (Å²) in [5.41, 5.74) is 1.88. The van der Waals surface area contributed by atoms with Crippen LogP contribution in [0.1, 0.15) is 31.2 Å². The number of anilines is 1. The number of pyridine rings is 1. The predicted molar refractivity (Wildman–Crippen MR) is 113 cm³/mol. The molecule has 1 aromatic heterocycles. The van der Waals surface area contributed by atoms with Gasteiger partial charge in [-0.1, -0.05) is 54.2 Å². The quantitative estimate of drug-likeness (QED) is 0.499. The van der Waals surface area contributed by atoms with E-state index in [0.29, 0.717) is 16.7 Å². The molecule has 3 aromatic rings. The molecule has 4 rings (SSSR count). The number of benzene rings is 2. The van der Waals surface area contributed by atoms with Crippen LogP contribution in [0.3, 0.4) is 0 Å². The maximum atomic E-state index is 6.11. The molecule has 27 heavy (non-hydrogen) atoms. The number of para-hydroxylation sites is 1. The fourth-order valence-corrected chi connectivity index (χ4v) is 3.81. The molecule has 0 aliphatic carbocycles. The van der Waals surface area contributed by atoms with Crippen molar-refractivity contribution in [1.82, 2.24) is 4.98 Å². The van der Waals surface area contributed by atoms with Crippen molar-refractivity contribution in [2.75, 3.05) is 18.0 Å². The zero-order chi connectivity index (χ0) is 18.6. The Labute approximate surface area is 169 Å². The zero-order valence-electron chi connectivity index (χ0n) is 15.1. The average Bonchev–Trinajstić information content (AvgIpc) is 2.98. The number of fused-ring (bicyclic) bond motifs is 1. The second-order valence-electron chi connectivity index (χ2n) is 6.94. The van der Waals surface area contributed by atoms with Gasteiger partial charge < -0.3 is 9.64 Å². The van der Waals surface area contributed by atoms with E-state index in [1.165, 1.54) is 25.7 Å². The molecule has 0 spiro atoms. The van der Waals surface area contributed by atoms with Gasteiger partial charge in [0.1, 0.15) is 23.7 Å². The number of hydrogen-bond donors (Lipinski definition) is 0. The van der Waals surface area contributed by atoms with E-state index in [0.717, 1.165) is 41.1 Å². The van der Waals surface area contributed by atoms with Crippen molar-refractivity contribution in [3.8, 4) is 5.75 Å². The summed E-state index contributed by atoms with van der Waals surface area (Å²) >= 11 is 12.1. The second kappa shape index (κ2) is 8.37. The van der Waals surface area contributed by atoms with Crippen LogP contribution in [-0.2, 0) is 6.61 Å². The number of halogens is 2. The Morgan fingerprint density at radius 2 is 1.70 bits per heavy atom. The summed E-state index contributed by atoms with van der Waals surface area (Å²) in [7, 11) is 0. The van der Waals surface area contributed by atoms with E-state index in [-0.39, 0.29) is 0 Å². The highest BCUT2D eigenvalue weighted by Crippen LogP contribution is 2.29. The van der Waals surface area contributed by atoms with Crippen molar-refractivity contribution in [3.05, 3.63) is 64.1 Å². The minimum absolute atomic E-state index is 0.422. The molecule has 1 saturated heterocycles. The van der Waals surface area contributed by atoms with Crippen molar-refractivity contribution in [2.45, 2.75) is 32.3 Å². The molecule has 2 heterocycles. The van der Waals surface area contributed by atoms with Gasteiger partial charge in [0.2, 0.25) is 0 Å². The van der Waals surface area contributed by atoms with E-state index in [9.17, 15) is 0 Å². The van der Waals surface area contributed by atoms with E-state index in [1.807, 2.05) is 24.3 Å². The Hall–Kier alpha value is -1.97. The van der Waals surface area contributed by atoms with Crippen molar-refractivity contribution in [1.29, 1.82) is 0 Å². The summed E-state index contributed by atoms with van der Waals surface area (Å²) in [6.45, 7) is 2.57. The van der Waals surface area contributed by atoms with Gasteiger partial charge in [-0.05, 0) is 48.7 Å². The first-order valence-corrected chi connectivity index (χ1v) is 10.2. The summed E-state index contributed by atoms with van der Waals surface area (Å²) in [4.78, 5) is 7.33. The maximum absolute atomic E-state index is 6.11. The van der Waals surface area contributed by atoms with Crippen LogP contribution in [0.2, 0.25) is 10.0 Å². The van der Waals surface area contributed by atoms with Crippen molar-refractivity contribution < 1.29 is 4.74 Å². The molecule has 2 aromatic carbocycles. The molecule has 0 atom stereocenters. The molecule has 1 aliphatic heterocycles. The van der Waals surface area contributed by atoms with E-state index in [4.69, 9.17) is 32.9 Å². The Morgan fingerprint density at radius 3 is 2.48 bits per heavy atom. The number of hydrogen-bond acceptors (Lipinski definition) is 3. The lowest BCUT2D eigenvalue weighted by molar-refractivity contribution is 0.309. The Balaban J connectivity index is 1.59. The minimum atomic E-state index is 0.422. The highest BCUT2D eigenvalue weighted by atomic mass is 35.5. The highest BCUT2D eigenvalue weighted by molar-refractivity contribution is 6.42. The SMILES string of the molecule is Clc1ccc(COc2cccc3ccc(N4CCCCCC4)nc23)cc1Cl. The number of aromatic nitrogens is 1. The van der Waals surface area contributed by atoms with Gasteiger partial charge in [-0.3, -0.25) is 0 Å². The van der Waals surface area contributed by atoms with Crippen molar-refractivity contribution in [3.63, 3.8) is 0 Å². The molecule has 1 aliphatic rings. The molecule has 5 heteroatoms. The van der Waals surface area contributed by atoms with Crippen LogP contribution < -0.4 is 9.64 Å². The minimum Gasteiger partial charge on any atom is -0.487 e. The van der Waals surface area contributed by atoms with E-state index >= 15 is 0 Å². The molecule has 0 bridgehead atoms.